The molecule has 0 aliphatic carbocycles. The number of aromatic nitrogens is 6. The first-order chi connectivity index (χ1) is 27.7. The summed E-state index contributed by atoms with van der Waals surface area (Å²) in [6.07, 6.45) is 0. The van der Waals surface area contributed by atoms with E-state index >= 15 is 0 Å². The lowest BCUT2D eigenvalue weighted by Crippen LogP contribution is -2.00. The molecule has 0 radical (unpaired) electrons. The summed E-state index contributed by atoms with van der Waals surface area (Å²) in [5.74, 6) is 3.62. The van der Waals surface area contributed by atoms with E-state index in [0.717, 1.165) is 75.5 Å². The molecule has 0 fully saturated rings. The maximum Gasteiger partial charge on any atom is 0.167 e. The van der Waals surface area contributed by atoms with E-state index in [-0.39, 0.29) is 0 Å². The summed E-state index contributed by atoms with van der Waals surface area (Å²) in [5, 5.41) is 4.29. The first-order valence-electron chi connectivity index (χ1n) is 18.3. The third-order valence-electron chi connectivity index (χ3n) is 10.0. The zero-order chi connectivity index (χ0) is 37.0. The van der Waals surface area contributed by atoms with Crippen LogP contribution < -0.4 is 0 Å². The van der Waals surface area contributed by atoms with Crippen molar-refractivity contribution in [1.82, 2.24) is 29.9 Å². The molecule has 7 aromatic carbocycles. The predicted molar refractivity (Wildman–Crippen MR) is 226 cm³/mol. The number of fused-ring (bicyclic) bond motifs is 6. The van der Waals surface area contributed by atoms with Crippen LogP contribution in [0.4, 0.5) is 0 Å². The van der Waals surface area contributed by atoms with Gasteiger partial charge in [0, 0.05) is 58.8 Å². The zero-order valence-corrected chi connectivity index (χ0v) is 30.5. The normalized spacial score (nSPS) is 11.6. The van der Waals surface area contributed by atoms with Crippen molar-refractivity contribution in [3.8, 4) is 68.3 Å². The molecule has 11 rings (SSSR count). The van der Waals surface area contributed by atoms with Gasteiger partial charge < -0.3 is 4.42 Å². The minimum absolute atomic E-state index is 0.553. The molecule has 8 heteroatoms. The highest BCUT2D eigenvalue weighted by Gasteiger charge is 2.20. The molecule has 0 N–H and O–H groups in total. The van der Waals surface area contributed by atoms with Crippen LogP contribution in [0.2, 0.25) is 0 Å². The van der Waals surface area contributed by atoms with Gasteiger partial charge in [0.25, 0.3) is 0 Å². The van der Waals surface area contributed by atoms with E-state index in [1.807, 2.05) is 121 Å². The maximum absolute atomic E-state index is 6.44. The van der Waals surface area contributed by atoms with Crippen molar-refractivity contribution >= 4 is 53.4 Å². The summed E-state index contributed by atoms with van der Waals surface area (Å²) in [6.45, 7) is 0. The molecule has 0 atom stereocenters. The predicted octanol–water partition coefficient (Wildman–Crippen LogP) is 12.3. The van der Waals surface area contributed by atoms with Crippen LogP contribution in [0.1, 0.15) is 0 Å². The van der Waals surface area contributed by atoms with Crippen molar-refractivity contribution < 1.29 is 4.42 Å². The SMILES string of the molecule is c1ccc(-c2nc(-c3ccccc3)nc(-c3ccc4sc5c(-c6nc(-c7ccccc7)nc(-c7cccc8c7oc7ccccc78)n6)cccc5c4c3)n2)cc1. The average Bonchev–Trinajstić information content (AvgIpc) is 3.85. The summed E-state index contributed by atoms with van der Waals surface area (Å²) in [7, 11) is 0. The van der Waals surface area contributed by atoms with Crippen molar-refractivity contribution in [2.45, 2.75) is 0 Å². The van der Waals surface area contributed by atoms with Crippen LogP contribution in [0.25, 0.3) is 110 Å². The van der Waals surface area contributed by atoms with Crippen molar-refractivity contribution in [2.75, 3.05) is 0 Å². The molecule has 0 aliphatic heterocycles. The number of furan rings is 1. The number of thiophene rings is 1. The Morgan fingerprint density at radius 2 is 0.821 bits per heavy atom. The number of para-hydroxylation sites is 2. The Hall–Kier alpha value is -7.42. The largest absolute Gasteiger partial charge is 0.455 e. The Kier molecular flexibility index (Phi) is 7.53. The van der Waals surface area contributed by atoms with E-state index in [9.17, 15) is 0 Å². The molecule has 0 saturated heterocycles. The molecule has 4 heterocycles. The number of nitrogens with zero attached hydrogens (tertiary/aromatic N) is 6. The van der Waals surface area contributed by atoms with E-state index in [1.54, 1.807) is 11.3 Å². The highest BCUT2D eigenvalue weighted by atomic mass is 32.1. The van der Waals surface area contributed by atoms with Crippen LogP contribution in [0.3, 0.4) is 0 Å². The van der Waals surface area contributed by atoms with Crippen LogP contribution in [0.5, 0.6) is 0 Å². The van der Waals surface area contributed by atoms with Gasteiger partial charge in [-0.05, 0) is 36.4 Å². The molecule has 0 saturated carbocycles. The van der Waals surface area contributed by atoms with E-state index in [0.29, 0.717) is 34.9 Å². The average molecular weight is 737 g/mol. The quantitative estimate of drug-likeness (QED) is 0.168. The number of hydrogen-bond donors (Lipinski definition) is 0. The minimum atomic E-state index is 0.553. The lowest BCUT2D eigenvalue weighted by molar-refractivity contribution is 0.669. The molecule has 0 aliphatic rings. The first kappa shape index (κ1) is 32.0. The highest BCUT2D eigenvalue weighted by Crippen LogP contribution is 2.42. The summed E-state index contributed by atoms with van der Waals surface area (Å²) < 4.78 is 8.67. The molecule has 0 amide bonds. The third-order valence-corrected chi connectivity index (χ3v) is 11.2. The minimum Gasteiger partial charge on any atom is -0.455 e. The second kappa shape index (κ2) is 13.2. The third kappa shape index (κ3) is 5.51. The van der Waals surface area contributed by atoms with Gasteiger partial charge in [-0.2, -0.15) is 0 Å². The second-order valence-corrected chi connectivity index (χ2v) is 14.5. The first-order valence-corrected chi connectivity index (χ1v) is 19.1. The molecule has 262 valence electrons. The lowest BCUT2D eigenvalue weighted by Gasteiger charge is -2.09. The number of hydrogen-bond acceptors (Lipinski definition) is 8. The van der Waals surface area contributed by atoms with Gasteiger partial charge >= 0.3 is 0 Å². The van der Waals surface area contributed by atoms with Crippen LogP contribution in [0.15, 0.2) is 174 Å². The Morgan fingerprint density at radius 3 is 1.46 bits per heavy atom. The van der Waals surface area contributed by atoms with Crippen LogP contribution in [-0.4, -0.2) is 29.9 Å². The standard InChI is InChI=1S/C48H28N6OS/c1-4-14-29(15-5-1)43-49-44(30-16-6-2-7-17-30)51-46(50-43)32-26-27-40-38(28-32)35-22-13-24-37(42(35)56-40)48-53-45(31-18-8-3-9-19-31)52-47(54-48)36-23-12-21-34-33-20-10-11-25-39(33)55-41(34)36/h1-28H. The van der Waals surface area contributed by atoms with Crippen LogP contribution in [0, 0.1) is 0 Å². The van der Waals surface area contributed by atoms with E-state index in [4.69, 9.17) is 34.3 Å². The van der Waals surface area contributed by atoms with Crippen molar-refractivity contribution in [1.29, 1.82) is 0 Å². The lowest BCUT2D eigenvalue weighted by atomic mass is 10.1. The van der Waals surface area contributed by atoms with Gasteiger partial charge in [0.15, 0.2) is 34.9 Å². The van der Waals surface area contributed by atoms with Gasteiger partial charge in [-0.3, -0.25) is 0 Å². The topological polar surface area (TPSA) is 90.5 Å². The summed E-state index contributed by atoms with van der Waals surface area (Å²) >= 11 is 1.72. The molecule has 7 nitrogen and oxygen atoms in total. The fourth-order valence-corrected chi connectivity index (χ4v) is 8.50. The second-order valence-electron chi connectivity index (χ2n) is 13.5. The van der Waals surface area contributed by atoms with E-state index in [2.05, 4.69) is 48.5 Å². The molecule has 0 bridgehead atoms. The number of rotatable bonds is 6. The number of benzene rings is 7. The molecule has 0 spiro atoms. The molecular weight excluding hydrogens is 709 g/mol. The highest BCUT2D eigenvalue weighted by molar-refractivity contribution is 7.26. The summed E-state index contributed by atoms with van der Waals surface area (Å²) in [5.41, 5.74) is 7.01. The van der Waals surface area contributed by atoms with E-state index < -0.39 is 0 Å². The van der Waals surface area contributed by atoms with Crippen molar-refractivity contribution in [2.24, 2.45) is 0 Å². The Bertz CT molecular complexity index is 3200. The Labute approximate surface area is 324 Å². The Morgan fingerprint density at radius 1 is 0.339 bits per heavy atom. The summed E-state index contributed by atoms with van der Waals surface area (Å²) in [6, 6.07) is 57.1. The molecule has 0 unspecified atom stereocenters. The van der Waals surface area contributed by atoms with Gasteiger partial charge in [-0.15, -0.1) is 11.3 Å². The monoisotopic (exact) mass is 736 g/mol. The molecule has 56 heavy (non-hydrogen) atoms. The zero-order valence-electron chi connectivity index (χ0n) is 29.7. The van der Waals surface area contributed by atoms with Gasteiger partial charge in [0.2, 0.25) is 0 Å². The fourth-order valence-electron chi connectivity index (χ4n) is 7.31. The van der Waals surface area contributed by atoms with Crippen LogP contribution >= 0.6 is 11.3 Å². The Balaban J connectivity index is 1.08. The van der Waals surface area contributed by atoms with Crippen molar-refractivity contribution in [3.63, 3.8) is 0 Å². The molecule has 4 aromatic heterocycles. The van der Waals surface area contributed by atoms with Gasteiger partial charge in [-0.25, -0.2) is 29.9 Å². The van der Waals surface area contributed by atoms with E-state index in [1.165, 1.54) is 0 Å². The maximum atomic E-state index is 6.44. The van der Waals surface area contributed by atoms with Gasteiger partial charge in [0.1, 0.15) is 11.2 Å². The molecular formula is C48H28N6OS. The molecule has 11 aromatic rings. The fraction of sp³-hybridized carbons (Fsp3) is 0. The van der Waals surface area contributed by atoms with Gasteiger partial charge in [-0.1, -0.05) is 133 Å². The van der Waals surface area contributed by atoms with Crippen LogP contribution in [-0.2, 0) is 0 Å². The van der Waals surface area contributed by atoms with Gasteiger partial charge in [0.05, 0.1) is 5.56 Å². The summed E-state index contributed by atoms with van der Waals surface area (Å²) in [4.78, 5) is 30.2. The smallest absolute Gasteiger partial charge is 0.167 e. The van der Waals surface area contributed by atoms with Crippen molar-refractivity contribution in [3.05, 3.63) is 170 Å².